The van der Waals surface area contributed by atoms with Gasteiger partial charge in [0.1, 0.15) is 0 Å². The van der Waals surface area contributed by atoms with Gasteiger partial charge in [0.2, 0.25) is 0 Å². The molecule has 0 aromatic heterocycles. The lowest BCUT2D eigenvalue weighted by molar-refractivity contribution is 0.446. The van der Waals surface area contributed by atoms with Crippen molar-refractivity contribution in [3.05, 3.63) is 215 Å². The van der Waals surface area contributed by atoms with Crippen LogP contribution in [0.1, 0.15) is 126 Å². The van der Waals surface area contributed by atoms with Crippen LogP contribution in [0.3, 0.4) is 0 Å². The minimum Gasteiger partial charge on any atom is -0.311 e. The minimum absolute atomic E-state index is 0.161. The molecule has 0 fully saturated rings. The first-order valence-electron chi connectivity index (χ1n) is 23.7. The molecule has 7 aromatic rings. The normalized spacial score (nSPS) is 12.0. The van der Waals surface area contributed by atoms with E-state index < -0.39 is 0 Å². The zero-order valence-corrected chi connectivity index (χ0v) is 39.2. The van der Waals surface area contributed by atoms with Crippen LogP contribution in [-0.4, -0.2) is 0 Å². The number of rotatable bonds is 20. The number of nitrogens with zero attached hydrogens (tertiary/aromatic N) is 2. The van der Waals surface area contributed by atoms with E-state index >= 15 is 0 Å². The Morgan fingerprint density at radius 2 is 0.594 bits per heavy atom. The molecule has 2 heteroatoms. The lowest BCUT2D eigenvalue weighted by Gasteiger charge is -2.28. The van der Waals surface area contributed by atoms with E-state index in [0.29, 0.717) is 0 Å². The van der Waals surface area contributed by atoms with Gasteiger partial charge in [0.25, 0.3) is 0 Å². The van der Waals surface area contributed by atoms with E-state index in [1.807, 2.05) is 0 Å². The Morgan fingerprint density at radius 3 is 0.922 bits per heavy atom. The number of hydrogen-bond acceptors (Lipinski definition) is 2. The first kappa shape index (κ1) is 45.6. The fourth-order valence-corrected chi connectivity index (χ4v) is 8.65. The van der Waals surface area contributed by atoms with E-state index in [0.717, 1.165) is 34.0 Å². The molecule has 0 N–H and O–H groups in total. The Labute approximate surface area is 385 Å². The maximum Gasteiger partial charge on any atom is 0.0462 e. The number of benzene rings is 7. The van der Waals surface area contributed by atoms with Gasteiger partial charge in [-0.15, -0.1) is 0 Å². The van der Waals surface area contributed by atoms with Crippen LogP contribution in [0.25, 0.3) is 24.3 Å². The van der Waals surface area contributed by atoms with Gasteiger partial charge < -0.3 is 9.80 Å². The van der Waals surface area contributed by atoms with Gasteiger partial charge >= 0.3 is 0 Å². The van der Waals surface area contributed by atoms with E-state index in [9.17, 15) is 0 Å². The standard InChI is InChI=1S/C62H68N2/c1-7-9-11-18-48-62(5,6)54-37-45-60(46-38-54)64(56-21-16-13-17-22-56)58-41-33-52(34-42-58)30-28-50-25-23-49(24-26-50)27-29-51-31-39-57(40-32-51)63(55-19-14-12-15-20-55)59-43-35-53(36-44-59)61(3,4)47-10-8-2/h12-17,19-46H,7-11,18,47-48H2,1-6H3/b29-27+,30-28+. The van der Waals surface area contributed by atoms with E-state index in [-0.39, 0.29) is 10.8 Å². The lowest BCUT2D eigenvalue weighted by Crippen LogP contribution is -2.17. The second-order valence-corrected chi connectivity index (χ2v) is 18.6. The lowest BCUT2D eigenvalue weighted by atomic mass is 9.80. The molecule has 0 radical (unpaired) electrons. The smallest absolute Gasteiger partial charge is 0.0462 e. The van der Waals surface area contributed by atoms with Crippen LogP contribution >= 0.6 is 0 Å². The second-order valence-electron chi connectivity index (χ2n) is 18.6. The summed E-state index contributed by atoms with van der Waals surface area (Å²) in [5.41, 5.74) is 14.7. The molecule has 0 aliphatic carbocycles. The highest BCUT2D eigenvalue weighted by atomic mass is 15.1. The van der Waals surface area contributed by atoms with Crippen molar-refractivity contribution < 1.29 is 0 Å². The molecule has 0 saturated carbocycles. The molecule has 0 atom stereocenters. The second kappa shape index (κ2) is 21.8. The van der Waals surface area contributed by atoms with Crippen molar-refractivity contribution in [3.8, 4) is 0 Å². The topological polar surface area (TPSA) is 6.48 Å². The minimum atomic E-state index is 0.161. The predicted molar refractivity (Wildman–Crippen MR) is 281 cm³/mol. The van der Waals surface area contributed by atoms with Crippen LogP contribution in [0.2, 0.25) is 0 Å². The third-order valence-electron chi connectivity index (χ3n) is 12.8. The van der Waals surface area contributed by atoms with Crippen molar-refractivity contribution in [2.24, 2.45) is 0 Å². The summed E-state index contributed by atoms with van der Waals surface area (Å²) in [5, 5.41) is 0. The largest absolute Gasteiger partial charge is 0.311 e. The summed E-state index contributed by atoms with van der Waals surface area (Å²) in [6.45, 7) is 14.0. The van der Waals surface area contributed by atoms with E-state index in [4.69, 9.17) is 0 Å². The Hall–Kier alpha value is -6.38. The van der Waals surface area contributed by atoms with Gasteiger partial charge in [-0.1, -0.05) is 214 Å². The Bertz CT molecular complexity index is 2510. The molecule has 7 rings (SSSR count). The highest BCUT2D eigenvalue weighted by Gasteiger charge is 2.22. The fraction of sp³-hybridized carbons (Fsp3) is 0.258. The number of anilines is 6. The van der Waals surface area contributed by atoms with Crippen LogP contribution in [0.4, 0.5) is 34.1 Å². The average Bonchev–Trinajstić information content (AvgIpc) is 3.33. The SMILES string of the molecule is CCCCCCC(C)(C)c1ccc(N(c2ccccc2)c2ccc(/C=C/c3ccc(/C=C/c4ccc(N(c5ccccc5)c5ccc(C(C)(C)CCCC)cc5)cc4)cc3)cc2)cc1. The van der Waals surface area contributed by atoms with Crippen LogP contribution in [0, 0.1) is 0 Å². The van der Waals surface area contributed by atoms with Crippen LogP contribution in [0.15, 0.2) is 182 Å². The van der Waals surface area contributed by atoms with Gasteiger partial charge in [-0.25, -0.2) is 0 Å². The summed E-state index contributed by atoms with van der Waals surface area (Å²) in [5.74, 6) is 0. The van der Waals surface area contributed by atoms with Gasteiger partial charge in [0, 0.05) is 34.1 Å². The molecule has 0 heterocycles. The Morgan fingerprint density at radius 1 is 0.312 bits per heavy atom. The van der Waals surface area contributed by atoms with E-state index in [1.165, 1.54) is 84.9 Å². The van der Waals surface area contributed by atoms with Crippen molar-refractivity contribution in [3.63, 3.8) is 0 Å². The molecule has 2 nitrogen and oxygen atoms in total. The average molecular weight is 841 g/mol. The van der Waals surface area contributed by atoms with Crippen molar-refractivity contribution >= 4 is 58.4 Å². The summed E-state index contributed by atoms with van der Waals surface area (Å²) in [6.07, 6.45) is 18.8. The monoisotopic (exact) mass is 841 g/mol. The van der Waals surface area contributed by atoms with Crippen LogP contribution in [-0.2, 0) is 10.8 Å². The van der Waals surface area contributed by atoms with Gasteiger partial charge in [0.05, 0.1) is 0 Å². The van der Waals surface area contributed by atoms with Crippen LogP contribution < -0.4 is 9.80 Å². The molecular weight excluding hydrogens is 773 g/mol. The maximum atomic E-state index is 2.39. The quantitative estimate of drug-likeness (QED) is 0.0557. The summed E-state index contributed by atoms with van der Waals surface area (Å²) in [6, 6.07) is 66.2. The fourth-order valence-electron chi connectivity index (χ4n) is 8.65. The third-order valence-corrected chi connectivity index (χ3v) is 12.8. The zero-order valence-electron chi connectivity index (χ0n) is 39.2. The van der Waals surface area contributed by atoms with Gasteiger partial charge in [0.15, 0.2) is 0 Å². The molecule has 0 saturated heterocycles. The summed E-state index contributed by atoms with van der Waals surface area (Å²) >= 11 is 0. The van der Waals surface area contributed by atoms with Gasteiger partial charge in [-0.3, -0.25) is 0 Å². The summed E-state index contributed by atoms with van der Waals surface area (Å²) in [7, 11) is 0. The van der Waals surface area contributed by atoms with Crippen molar-refractivity contribution in [2.45, 2.75) is 104 Å². The first-order chi connectivity index (χ1) is 31.1. The highest BCUT2D eigenvalue weighted by molar-refractivity contribution is 5.80. The third kappa shape index (κ3) is 12.0. The highest BCUT2D eigenvalue weighted by Crippen LogP contribution is 2.39. The number of hydrogen-bond donors (Lipinski definition) is 0. The first-order valence-corrected chi connectivity index (χ1v) is 23.7. The molecule has 7 aromatic carbocycles. The molecule has 64 heavy (non-hydrogen) atoms. The van der Waals surface area contributed by atoms with Crippen molar-refractivity contribution in [1.29, 1.82) is 0 Å². The summed E-state index contributed by atoms with van der Waals surface area (Å²) in [4.78, 5) is 4.69. The van der Waals surface area contributed by atoms with Crippen LogP contribution in [0.5, 0.6) is 0 Å². The number of para-hydroxylation sites is 2. The molecule has 0 aliphatic heterocycles. The van der Waals surface area contributed by atoms with E-state index in [1.54, 1.807) is 0 Å². The molecule has 0 bridgehead atoms. The molecular formula is C62H68N2. The Kier molecular flexibility index (Phi) is 15.6. The van der Waals surface area contributed by atoms with Crippen molar-refractivity contribution in [2.75, 3.05) is 9.80 Å². The van der Waals surface area contributed by atoms with E-state index in [2.05, 4.69) is 258 Å². The maximum absolute atomic E-state index is 2.39. The van der Waals surface area contributed by atoms with Crippen molar-refractivity contribution in [1.82, 2.24) is 0 Å². The van der Waals surface area contributed by atoms with Gasteiger partial charge in [-0.2, -0.15) is 0 Å². The molecule has 0 spiro atoms. The molecule has 0 amide bonds. The van der Waals surface area contributed by atoms with Gasteiger partial charge in [-0.05, 0) is 130 Å². The number of unbranched alkanes of at least 4 members (excludes halogenated alkanes) is 4. The summed E-state index contributed by atoms with van der Waals surface area (Å²) < 4.78 is 0. The zero-order chi connectivity index (χ0) is 44.8. The Balaban J connectivity index is 0.997. The molecule has 0 aliphatic rings. The molecule has 326 valence electrons. The predicted octanol–water partition coefficient (Wildman–Crippen LogP) is 18.7. The molecule has 0 unspecified atom stereocenters.